The number of aromatic nitrogens is 2. The Morgan fingerprint density at radius 3 is 2.59 bits per heavy atom. The average Bonchev–Trinajstić information content (AvgIpc) is 3.00. The summed E-state index contributed by atoms with van der Waals surface area (Å²) in [6.07, 6.45) is 2.42. The molecule has 0 radical (unpaired) electrons. The van der Waals surface area contributed by atoms with Crippen LogP contribution in [0.1, 0.15) is 35.5 Å². The molecule has 1 aromatic heterocycles. The van der Waals surface area contributed by atoms with Gasteiger partial charge < -0.3 is 4.74 Å². The van der Waals surface area contributed by atoms with Gasteiger partial charge in [0.05, 0.1) is 16.3 Å². The van der Waals surface area contributed by atoms with Gasteiger partial charge in [-0.05, 0) is 44.5 Å². The number of carbonyl (C=O) groups excluding carboxylic acids is 1. The van der Waals surface area contributed by atoms with E-state index in [0.29, 0.717) is 5.56 Å². The lowest BCUT2D eigenvalue weighted by Gasteiger charge is -2.11. The Balaban J connectivity index is 1.73. The van der Waals surface area contributed by atoms with Crippen LogP contribution in [0.4, 0.5) is 5.69 Å². The van der Waals surface area contributed by atoms with Crippen molar-refractivity contribution < 1.29 is 14.5 Å². The minimum Gasteiger partial charge on any atom is -0.455 e. The fraction of sp³-hybridized carbons (Fsp3) is 0.182. The van der Waals surface area contributed by atoms with Gasteiger partial charge in [-0.15, -0.1) is 0 Å². The Morgan fingerprint density at radius 1 is 1.17 bits per heavy atom. The van der Waals surface area contributed by atoms with Crippen molar-refractivity contribution in [3.63, 3.8) is 0 Å². The Labute approximate surface area is 168 Å². The number of hydrogen-bond acceptors (Lipinski definition) is 5. The van der Waals surface area contributed by atoms with E-state index >= 15 is 0 Å². The second-order valence-corrected chi connectivity index (χ2v) is 6.60. The first-order valence-corrected chi connectivity index (χ1v) is 9.11. The van der Waals surface area contributed by atoms with Crippen LogP contribution in [-0.2, 0) is 9.53 Å². The van der Waals surface area contributed by atoms with Gasteiger partial charge in [0.15, 0.2) is 0 Å². The van der Waals surface area contributed by atoms with Crippen molar-refractivity contribution in [2.75, 3.05) is 0 Å². The number of nitro benzene ring substituents is 1. The van der Waals surface area contributed by atoms with Gasteiger partial charge in [0, 0.05) is 29.5 Å². The predicted octanol–water partition coefficient (Wildman–Crippen LogP) is 4.71. The number of esters is 1. The van der Waals surface area contributed by atoms with E-state index in [0.717, 1.165) is 22.6 Å². The molecule has 0 bridgehead atoms. The zero-order valence-corrected chi connectivity index (χ0v) is 16.4. The van der Waals surface area contributed by atoms with Crippen molar-refractivity contribution in [2.45, 2.75) is 26.9 Å². The summed E-state index contributed by atoms with van der Waals surface area (Å²) in [5.41, 5.74) is 4.00. The summed E-state index contributed by atoms with van der Waals surface area (Å²) in [7, 11) is 0. The quantitative estimate of drug-likeness (QED) is 0.263. The highest BCUT2D eigenvalue weighted by Crippen LogP contribution is 2.23. The number of para-hydroxylation sites is 1. The van der Waals surface area contributed by atoms with E-state index in [1.807, 2.05) is 48.9 Å². The minimum atomic E-state index is -0.610. The highest BCUT2D eigenvalue weighted by Gasteiger charge is 2.15. The number of hydrogen-bond donors (Lipinski definition) is 0. The molecule has 1 atom stereocenters. The molecule has 0 aliphatic rings. The minimum absolute atomic E-state index is 0.0412. The van der Waals surface area contributed by atoms with Crippen LogP contribution >= 0.6 is 0 Å². The van der Waals surface area contributed by atoms with Crippen LogP contribution in [0.3, 0.4) is 0 Å². The standard InChI is InChI=1S/C22H21N3O4/c1-15-21(16(2)24(23-15)19-9-5-4-6-10-19)12-13-22(26)29-17(3)18-8-7-11-20(14-18)25(27)28/h4-14,17H,1-3H3/b13-12+/t17-/m0/s1. The van der Waals surface area contributed by atoms with Gasteiger partial charge in [-0.1, -0.05) is 30.3 Å². The normalized spacial score (nSPS) is 12.1. The van der Waals surface area contributed by atoms with Crippen molar-refractivity contribution in [2.24, 2.45) is 0 Å². The fourth-order valence-electron chi connectivity index (χ4n) is 3.04. The van der Waals surface area contributed by atoms with E-state index in [1.165, 1.54) is 18.2 Å². The zero-order chi connectivity index (χ0) is 21.0. The molecule has 0 aliphatic heterocycles. The number of benzene rings is 2. The number of nitrogens with zero attached hydrogens (tertiary/aromatic N) is 3. The van der Waals surface area contributed by atoms with Crippen LogP contribution in [0.2, 0.25) is 0 Å². The Bertz CT molecular complexity index is 1070. The predicted molar refractivity (Wildman–Crippen MR) is 110 cm³/mol. The molecule has 148 valence electrons. The molecular weight excluding hydrogens is 370 g/mol. The van der Waals surface area contributed by atoms with Crippen molar-refractivity contribution in [1.29, 1.82) is 0 Å². The summed E-state index contributed by atoms with van der Waals surface area (Å²) in [5, 5.41) is 15.4. The highest BCUT2D eigenvalue weighted by molar-refractivity contribution is 5.87. The molecule has 0 N–H and O–H groups in total. The lowest BCUT2D eigenvalue weighted by Crippen LogP contribution is -2.06. The molecule has 0 saturated heterocycles. The van der Waals surface area contributed by atoms with E-state index in [1.54, 1.807) is 25.1 Å². The first kappa shape index (κ1) is 20.0. The van der Waals surface area contributed by atoms with Crippen LogP contribution in [0.15, 0.2) is 60.7 Å². The van der Waals surface area contributed by atoms with E-state index in [-0.39, 0.29) is 5.69 Å². The summed E-state index contributed by atoms with van der Waals surface area (Å²) in [6, 6.07) is 15.8. The van der Waals surface area contributed by atoms with Crippen LogP contribution in [0, 0.1) is 24.0 Å². The van der Waals surface area contributed by atoms with Crippen LogP contribution in [0.25, 0.3) is 11.8 Å². The molecule has 0 spiro atoms. The first-order chi connectivity index (χ1) is 13.9. The van der Waals surface area contributed by atoms with Gasteiger partial charge in [0.25, 0.3) is 5.69 Å². The Hall–Kier alpha value is -3.74. The molecule has 3 aromatic rings. The summed E-state index contributed by atoms with van der Waals surface area (Å²) in [6.45, 7) is 5.49. The second kappa shape index (κ2) is 8.52. The van der Waals surface area contributed by atoms with Crippen molar-refractivity contribution in [1.82, 2.24) is 9.78 Å². The van der Waals surface area contributed by atoms with E-state index < -0.39 is 17.0 Å². The van der Waals surface area contributed by atoms with E-state index in [9.17, 15) is 14.9 Å². The Kier molecular flexibility index (Phi) is 5.87. The molecule has 7 heteroatoms. The number of ether oxygens (including phenoxy) is 1. The summed E-state index contributed by atoms with van der Waals surface area (Å²) in [4.78, 5) is 22.7. The highest BCUT2D eigenvalue weighted by atomic mass is 16.6. The van der Waals surface area contributed by atoms with E-state index in [2.05, 4.69) is 5.10 Å². The summed E-state index contributed by atoms with van der Waals surface area (Å²) >= 11 is 0. The summed E-state index contributed by atoms with van der Waals surface area (Å²) in [5.74, 6) is -0.532. The maximum Gasteiger partial charge on any atom is 0.331 e. The lowest BCUT2D eigenvalue weighted by molar-refractivity contribution is -0.385. The van der Waals surface area contributed by atoms with Gasteiger partial charge >= 0.3 is 5.97 Å². The topological polar surface area (TPSA) is 87.3 Å². The third-order valence-corrected chi connectivity index (χ3v) is 4.58. The third-order valence-electron chi connectivity index (χ3n) is 4.58. The third kappa shape index (κ3) is 4.57. The van der Waals surface area contributed by atoms with Gasteiger partial charge in [0.1, 0.15) is 6.10 Å². The Morgan fingerprint density at radius 2 is 1.90 bits per heavy atom. The number of nitro groups is 1. The van der Waals surface area contributed by atoms with Gasteiger partial charge in [-0.3, -0.25) is 10.1 Å². The molecule has 0 amide bonds. The lowest BCUT2D eigenvalue weighted by atomic mass is 10.1. The monoisotopic (exact) mass is 391 g/mol. The molecule has 3 rings (SSSR count). The average molecular weight is 391 g/mol. The fourth-order valence-corrected chi connectivity index (χ4v) is 3.04. The number of carbonyl (C=O) groups is 1. The molecule has 0 fully saturated rings. The molecule has 29 heavy (non-hydrogen) atoms. The number of rotatable bonds is 6. The zero-order valence-electron chi connectivity index (χ0n) is 16.4. The maximum absolute atomic E-state index is 12.2. The first-order valence-electron chi connectivity index (χ1n) is 9.11. The van der Waals surface area contributed by atoms with Crippen LogP contribution < -0.4 is 0 Å². The molecule has 7 nitrogen and oxygen atoms in total. The van der Waals surface area contributed by atoms with Crippen molar-refractivity contribution >= 4 is 17.7 Å². The summed E-state index contributed by atoms with van der Waals surface area (Å²) < 4.78 is 7.21. The van der Waals surface area contributed by atoms with Crippen LogP contribution in [0.5, 0.6) is 0 Å². The van der Waals surface area contributed by atoms with Crippen molar-refractivity contribution in [3.05, 3.63) is 93.3 Å². The molecule has 0 aliphatic carbocycles. The van der Waals surface area contributed by atoms with Gasteiger partial charge in [-0.25, -0.2) is 9.48 Å². The van der Waals surface area contributed by atoms with E-state index in [4.69, 9.17) is 4.74 Å². The van der Waals surface area contributed by atoms with Crippen molar-refractivity contribution in [3.8, 4) is 5.69 Å². The van der Waals surface area contributed by atoms with Gasteiger partial charge in [0.2, 0.25) is 0 Å². The smallest absolute Gasteiger partial charge is 0.331 e. The second-order valence-electron chi connectivity index (χ2n) is 6.60. The molecule has 1 heterocycles. The molecular formula is C22H21N3O4. The molecule has 0 unspecified atom stereocenters. The largest absolute Gasteiger partial charge is 0.455 e. The number of aryl methyl sites for hydroxylation is 1. The van der Waals surface area contributed by atoms with Gasteiger partial charge in [-0.2, -0.15) is 5.10 Å². The SMILES string of the molecule is Cc1nn(-c2ccccc2)c(C)c1/C=C/C(=O)O[C@@H](C)c1cccc([N+](=O)[O-])c1. The molecule has 0 saturated carbocycles. The molecule has 2 aromatic carbocycles. The van der Waals surface area contributed by atoms with Crippen LogP contribution in [-0.4, -0.2) is 20.7 Å². The number of non-ortho nitro benzene ring substituents is 1. The maximum atomic E-state index is 12.2.